The third kappa shape index (κ3) is 4.33. The minimum absolute atomic E-state index is 0.0633. The Morgan fingerprint density at radius 3 is 2.50 bits per heavy atom. The van der Waals surface area contributed by atoms with Gasteiger partial charge >= 0.3 is 0 Å². The summed E-state index contributed by atoms with van der Waals surface area (Å²) in [7, 11) is 0. The zero-order valence-corrected chi connectivity index (χ0v) is 12.0. The Hall–Kier alpha value is -1.04. The number of unbranched alkanes of at least 4 members (excludes halogenated alkanes) is 3. The van der Waals surface area contributed by atoms with Crippen molar-refractivity contribution in [3.8, 4) is 6.07 Å². The highest BCUT2D eigenvalue weighted by Gasteiger charge is 2.50. The number of nitrogens with zero attached hydrogens (tertiary/aromatic N) is 1. The lowest BCUT2D eigenvalue weighted by Crippen LogP contribution is -2.38. The Labute approximate surface area is 111 Å². The predicted molar refractivity (Wildman–Crippen MR) is 72.8 cm³/mol. The molecule has 0 aromatic rings. The van der Waals surface area contributed by atoms with Gasteiger partial charge in [0.25, 0.3) is 0 Å². The summed E-state index contributed by atoms with van der Waals surface area (Å²) < 4.78 is 0. The van der Waals surface area contributed by atoms with Crippen molar-refractivity contribution in [1.29, 1.82) is 5.26 Å². The second-order valence-electron chi connectivity index (χ2n) is 6.35. The largest absolute Gasteiger partial charge is 0.354 e. The Bertz CT molecular complexity index is 324. The fraction of sp³-hybridized carbons (Fsp3) is 0.867. The number of hydrogen-bond acceptors (Lipinski definition) is 2. The van der Waals surface area contributed by atoms with E-state index in [9.17, 15) is 4.79 Å². The van der Waals surface area contributed by atoms with Gasteiger partial charge in [-0.2, -0.15) is 5.26 Å². The van der Waals surface area contributed by atoms with E-state index in [1.807, 2.05) is 0 Å². The zero-order valence-electron chi connectivity index (χ0n) is 12.0. The standard InChI is InChI=1S/C15H26N2O/c1-4-5-6-7-8-14(2,3)12-17-13(18)15(11-16)9-10-15/h4-10,12H2,1-3H3,(H,17,18). The van der Waals surface area contributed by atoms with E-state index in [0.29, 0.717) is 6.54 Å². The molecule has 1 saturated carbocycles. The fourth-order valence-corrected chi connectivity index (χ4v) is 2.12. The molecule has 1 aliphatic carbocycles. The van der Waals surface area contributed by atoms with E-state index in [4.69, 9.17) is 5.26 Å². The average molecular weight is 250 g/mol. The number of nitrogens with one attached hydrogen (secondary N) is 1. The number of rotatable bonds is 8. The van der Waals surface area contributed by atoms with Crippen LogP contribution in [0.25, 0.3) is 0 Å². The minimum Gasteiger partial charge on any atom is -0.354 e. The summed E-state index contributed by atoms with van der Waals surface area (Å²) in [6, 6.07) is 2.14. The van der Waals surface area contributed by atoms with Crippen LogP contribution in [0.2, 0.25) is 0 Å². The lowest BCUT2D eigenvalue weighted by atomic mass is 9.86. The monoisotopic (exact) mass is 250 g/mol. The summed E-state index contributed by atoms with van der Waals surface area (Å²) in [6.45, 7) is 7.26. The number of amides is 1. The molecule has 3 heteroatoms. The highest BCUT2D eigenvalue weighted by Crippen LogP contribution is 2.45. The molecule has 102 valence electrons. The zero-order chi connectivity index (χ0) is 13.6. The third-order valence-electron chi connectivity index (χ3n) is 3.83. The first-order chi connectivity index (χ1) is 8.46. The molecular weight excluding hydrogens is 224 g/mol. The van der Waals surface area contributed by atoms with E-state index in [1.54, 1.807) is 0 Å². The molecule has 1 N–H and O–H groups in total. The molecule has 0 unspecified atom stereocenters. The van der Waals surface area contributed by atoms with Gasteiger partial charge in [0, 0.05) is 6.54 Å². The first-order valence-electron chi connectivity index (χ1n) is 7.15. The van der Waals surface area contributed by atoms with E-state index in [-0.39, 0.29) is 11.3 Å². The van der Waals surface area contributed by atoms with Gasteiger partial charge in [-0.05, 0) is 24.7 Å². The molecule has 0 aromatic carbocycles. The summed E-state index contributed by atoms with van der Waals surface area (Å²) in [5, 5.41) is 11.9. The maximum absolute atomic E-state index is 11.8. The van der Waals surface area contributed by atoms with Gasteiger partial charge in [-0.1, -0.05) is 46.5 Å². The maximum atomic E-state index is 11.8. The number of hydrogen-bond donors (Lipinski definition) is 1. The van der Waals surface area contributed by atoms with E-state index in [2.05, 4.69) is 32.2 Å². The summed E-state index contributed by atoms with van der Waals surface area (Å²) in [6.07, 6.45) is 7.63. The van der Waals surface area contributed by atoms with Crippen LogP contribution in [-0.4, -0.2) is 12.5 Å². The van der Waals surface area contributed by atoms with E-state index < -0.39 is 5.41 Å². The van der Waals surface area contributed by atoms with Crippen LogP contribution in [0.3, 0.4) is 0 Å². The van der Waals surface area contributed by atoms with Gasteiger partial charge in [0.05, 0.1) is 6.07 Å². The van der Waals surface area contributed by atoms with E-state index in [0.717, 1.165) is 19.3 Å². The molecule has 0 bridgehead atoms. The van der Waals surface area contributed by atoms with Gasteiger partial charge < -0.3 is 5.32 Å². The number of carbonyl (C=O) groups is 1. The summed E-state index contributed by atoms with van der Waals surface area (Å²) in [4.78, 5) is 11.8. The van der Waals surface area contributed by atoms with Crippen molar-refractivity contribution in [3.63, 3.8) is 0 Å². The van der Waals surface area contributed by atoms with Crippen molar-refractivity contribution < 1.29 is 4.79 Å². The fourth-order valence-electron chi connectivity index (χ4n) is 2.12. The van der Waals surface area contributed by atoms with Crippen LogP contribution in [0, 0.1) is 22.2 Å². The second-order valence-corrected chi connectivity index (χ2v) is 6.35. The van der Waals surface area contributed by atoms with Crippen LogP contribution in [0.5, 0.6) is 0 Å². The lowest BCUT2D eigenvalue weighted by molar-refractivity contribution is -0.124. The van der Waals surface area contributed by atoms with Crippen molar-refractivity contribution in [2.45, 2.75) is 65.7 Å². The molecule has 0 spiro atoms. The topological polar surface area (TPSA) is 52.9 Å². The first kappa shape index (κ1) is 15.0. The quantitative estimate of drug-likeness (QED) is 0.671. The van der Waals surface area contributed by atoms with Gasteiger partial charge in [0.1, 0.15) is 5.41 Å². The van der Waals surface area contributed by atoms with Crippen molar-refractivity contribution in [2.24, 2.45) is 10.8 Å². The van der Waals surface area contributed by atoms with Crippen LogP contribution in [0.15, 0.2) is 0 Å². The Balaban J connectivity index is 2.24. The van der Waals surface area contributed by atoms with Gasteiger partial charge in [-0.25, -0.2) is 0 Å². The van der Waals surface area contributed by atoms with Crippen LogP contribution in [-0.2, 0) is 4.79 Å². The predicted octanol–water partition coefficient (Wildman–Crippen LogP) is 3.40. The van der Waals surface area contributed by atoms with Crippen LogP contribution >= 0.6 is 0 Å². The Kier molecular flexibility index (Phi) is 5.19. The second kappa shape index (κ2) is 6.22. The van der Waals surface area contributed by atoms with E-state index >= 15 is 0 Å². The van der Waals surface area contributed by atoms with Gasteiger partial charge in [0.15, 0.2) is 0 Å². The molecule has 3 nitrogen and oxygen atoms in total. The average Bonchev–Trinajstić information content (AvgIpc) is 3.13. The summed E-state index contributed by atoms with van der Waals surface area (Å²) in [5.74, 6) is -0.0633. The van der Waals surface area contributed by atoms with Crippen molar-refractivity contribution in [1.82, 2.24) is 5.32 Å². The van der Waals surface area contributed by atoms with Gasteiger partial charge in [-0.3, -0.25) is 4.79 Å². The molecule has 1 amide bonds. The normalized spacial score (nSPS) is 17.0. The molecule has 1 rings (SSSR count). The van der Waals surface area contributed by atoms with Crippen molar-refractivity contribution in [2.75, 3.05) is 6.54 Å². The van der Waals surface area contributed by atoms with Crippen molar-refractivity contribution >= 4 is 5.91 Å². The number of nitriles is 1. The van der Waals surface area contributed by atoms with E-state index in [1.165, 1.54) is 25.7 Å². The highest BCUT2D eigenvalue weighted by atomic mass is 16.2. The smallest absolute Gasteiger partial charge is 0.240 e. The molecular formula is C15H26N2O. The molecule has 0 saturated heterocycles. The SMILES string of the molecule is CCCCCCC(C)(C)CNC(=O)C1(C#N)CC1. The Morgan fingerprint density at radius 1 is 1.33 bits per heavy atom. The van der Waals surface area contributed by atoms with Gasteiger partial charge in [-0.15, -0.1) is 0 Å². The molecule has 1 fully saturated rings. The van der Waals surface area contributed by atoms with Crippen LogP contribution < -0.4 is 5.32 Å². The first-order valence-corrected chi connectivity index (χ1v) is 7.15. The Morgan fingerprint density at radius 2 is 2.00 bits per heavy atom. The molecule has 0 radical (unpaired) electrons. The highest BCUT2D eigenvalue weighted by molar-refractivity contribution is 5.88. The minimum atomic E-state index is -0.682. The maximum Gasteiger partial charge on any atom is 0.240 e. The van der Waals surface area contributed by atoms with Crippen LogP contribution in [0.1, 0.15) is 65.7 Å². The summed E-state index contributed by atoms with van der Waals surface area (Å²) >= 11 is 0. The third-order valence-corrected chi connectivity index (χ3v) is 3.83. The van der Waals surface area contributed by atoms with Gasteiger partial charge in [0.2, 0.25) is 5.91 Å². The molecule has 1 aliphatic rings. The molecule has 0 heterocycles. The molecule has 0 aliphatic heterocycles. The molecule has 18 heavy (non-hydrogen) atoms. The molecule has 0 atom stereocenters. The van der Waals surface area contributed by atoms with Crippen LogP contribution in [0.4, 0.5) is 0 Å². The molecule has 0 aromatic heterocycles. The summed E-state index contributed by atoms with van der Waals surface area (Å²) in [5.41, 5.74) is -0.548. The van der Waals surface area contributed by atoms with Crippen molar-refractivity contribution in [3.05, 3.63) is 0 Å². The number of carbonyl (C=O) groups excluding carboxylic acids is 1. The lowest BCUT2D eigenvalue weighted by Gasteiger charge is -2.25.